The second-order valence-corrected chi connectivity index (χ2v) is 6.08. The third kappa shape index (κ3) is 5.25. The van der Waals surface area contributed by atoms with E-state index < -0.39 is 6.04 Å². The van der Waals surface area contributed by atoms with Gasteiger partial charge in [-0.25, -0.2) is 4.39 Å². The molecule has 0 aromatic heterocycles. The van der Waals surface area contributed by atoms with Gasteiger partial charge in [-0.05, 0) is 42.0 Å². The molecule has 3 aromatic rings. The maximum absolute atomic E-state index is 13.1. The first-order valence-electron chi connectivity index (χ1n) is 8.58. The monoisotopic (exact) mass is 362 g/mol. The number of rotatable bonds is 6. The fraction of sp³-hybridized carbons (Fsp3) is 0.0909. The van der Waals surface area contributed by atoms with Crippen LogP contribution < -0.4 is 10.6 Å². The first kappa shape index (κ1) is 18.3. The molecule has 0 spiro atoms. The van der Waals surface area contributed by atoms with E-state index in [1.54, 1.807) is 24.3 Å². The zero-order valence-corrected chi connectivity index (χ0v) is 14.6. The quantitative estimate of drug-likeness (QED) is 0.701. The van der Waals surface area contributed by atoms with E-state index in [-0.39, 0.29) is 17.6 Å². The van der Waals surface area contributed by atoms with E-state index in [2.05, 4.69) is 10.6 Å². The van der Waals surface area contributed by atoms with Crippen molar-refractivity contribution in [3.8, 4) is 0 Å². The van der Waals surface area contributed by atoms with Crippen molar-refractivity contribution in [2.24, 2.45) is 0 Å². The Labute approximate surface area is 157 Å². The minimum atomic E-state index is -0.773. The third-order valence-electron chi connectivity index (χ3n) is 4.05. The Balaban J connectivity index is 1.77. The summed E-state index contributed by atoms with van der Waals surface area (Å²) >= 11 is 0. The second-order valence-electron chi connectivity index (χ2n) is 6.08. The van der Waals surface area contributed by atoms with E-state index in [9.17, 15) is 14.0 Å². The van der Waals surface area contributed by atoms with Crippen molar-refractivity contribution in [2.75, 3.05) is 5.32 Å². The van der Waals surface area contributed by atoms with Gasteiger partial charge in [-0.2, -0.15) is 0 Å². The van der Waals surface area contributed by atoms with E-state index in [1.165, 1.54) is 24.3 Å². The van der Waals surface area contributed by atoms with Crippen LogP contribution in [0.25, 0.3) is 0 Å². The molecule has 136 valence electrons. The van der Waals surface area contributed by atoms with Gasteiger partial charge >= 0.3 is 0 Å². The second kappa shape index (κ2) is 8.76. The fourth-order valence-corrected chi connectivity index (χ4v) is 2.65. The first-order chi connectivity index (χ1) is 13.1. The molecule has 4 nitrogen and oxygen atoms in total. The molecule has 0 bridgehead atoms. The standard InChI is InChI=1S/C22H19FN2O2/c23-18-11-13-19(14-12-18)24-22(27)20(15-16-7-3-1-4-8-16)25-21(26)17-9-5-2-6-10-17/h1-14,20H,15H2,(H,24,27)(H,25,26)/t20-/m1/s1. The number of hydrogen-bond donors (Lipinski definition) is 2. The maximum atomic E-state index is 13.1. The molecule has 2 amide bonds. The molecule has 1 atom stereocenters. The van der Waals surface area contributed by atoms with Crippen molar-refractivity contribution in [1.29, 1.82) is 0 Å². The van der Waals surface area contributed by atoms with Crippen LogP contribution in [0.4, 0.5) is 10.1 Å². The molecule has 3 rings (SSSR count). The SMILES string of the molecule is O=C(N[C@H](Cc1ccccc1)C(=O)Nc1ccc(F)cc1)c1ccccc1. The van der Waals surface area contributed by atoms with Crippen LogP contribution >= 0.6 is 0 Å². The molecule has 3 aromatic carbocycles. The summed E-state index contributed by atoms with van der Waals surface area (Å²) in [7, 11) is 0. The predicted octanol–water partition coefficient (Wildman–Crippen LogP) is 3.81. The summed E-state index contributed by atoms with van der Waals surface area (Å²) in [5.41, 5.74) is 1.86. The fourth-order valence-electron chi connectivity index (χ4n) is 2.65. The Morgan fingerprint density at radius 3 is 2.04 bits per heavy atom. The molecule has 0 saturated carbocycles. The smallest absolute Gasteiger partial charge is 0.251 e. The van der Waals surface area contributed by atoms with E-state index in [4.69, 9.17) is 0 Å². The number of nitrogens with one attached hydrogen (secondary N) is 2. The van der Waals surface area contributed by atoms with Gasteiger partial charge in [-0.1, -0.05) is 48.5 Å². The van der Waals surface area contributed by atoms with Gasteiger partial charge in [0.1, 0.15) is 11.9 Å². The minimum absolute atomic E-state index is 0.328. The molecular weight excluding hydrogens is 343 g/mol. The van der Waals surface area contributed by atoms with Crippen LogP contribution in [-0.4, -0.2) is 17.9 Å². The number of carbonyl (C=O) groups excluding carboxylic acids is 2. The number of halogens is 1. The lowest BCUT2D eigenvalue weighted by Crippen LogP contribution is -2.45. The lowest BCUT2D eigenvalue weighted by Gasteiger charge is -2.19. The average molecular weight is 362 g/mol. The number of hydrogen-bond acceptors (Lipinski definition) is 2. The maximum Gasteiger partial charge on any atom is 0.251 e. The minimum Gasteiger partial charge on any atom is -0.340 e. The summed E-state index contributed by atoms with van der Waals surface area (Å²) < 4.78 is 13.1. The number of anilines is 1. The van der Waals surface area contributed by atoms with Gasteiger partial charge < -0.3 is 10.6 Å². The van der Waals surface area contributed by atoms with Crippen molar-refractivity contribution >= 4 is 17.5 Å². The van der Waals surface area contributed by atoms with Crippen LogP contribution in [0.3, 0.4) is 0 Å². The van der Waals surface area contributed by atoms with Gasteiger partial charge in [0.15, 0.2) is 0 Å². The van der Waals surface area contributed by atoms with Crippen LogP contribution in [-0.2, 0) is 11.2 Å². The predicted molar refractivity (Wildman–Crippen MR) is 103 cm³/mol. The third-order valence-corrected chi connectivity index (χ3v) is 4.05. The highest BCUT2D eigenvalue weighted by molar-refractivity contribution is 6.01. The molecule has 0 heterocycles. The molecule has 0 radical (unpaired) electrons. The van der Waals surface area contributed by atoms with Gasteiger partial charge in [0.2, 0.25) is 5.91 Å². The highest BCUT2D eigenvalue weighted by Crippen LogP contribution is 2.11. The van der Waals surface area contributed by atoms with Crippen molar-refractivity contribution in [3.05, 3.63) is 102 Å². The zero-order valence-electron chi connectivity index (χ0n) is 14.6. The summed E-state index contributed by atoms with van der Waals surface area (Å²) in [6.07, 6.45) is 0.340. The molecule has 0 unspecified atom stereocenters. The van der Waals surface area contributed by atoms with Crippen LogP contribution in [0.2, 0.25) is 0 Å². The molecule has 2 N–H and O–H groups in total. The largest absolute Gasteiger partial charge is 0.340 e. The summed E-state index contributed by atoms with van der Waals surface area (Å²) in [6.45, 7) is 0. The van der Waals surface area contributed by atoms with Crippen LogP contribution in [0.15, 0.2) is 84.9 Å². The van der Waals surface area contributed by atoms with E-state index >= 15 is 0 Å². The van der Waals surface area contributed by atoms with Crippen LogP contribution in [0, 0.1) is 5.82 Å². The van der Waals surface area contributed by atoms with Crippen LogP contribution in [0.1, 0.15) is 15.9 Å². The van der Waals surface area contributed by atoms with Crippen molar-refractivity contribution in [1.82, 2.24) is 5.32 Å². The van der Waals surface area contributed by atoms with E-state index in [0.29, 0.717) is 17.7 Å². The molecular formula is C22H19FN2O2. The lowest BCUT2D eigenvalue weighted by atomic mass is 10.0. The normalized spacial score (nSPS) is 11.4. The molecule has 0 aliphatic carbocycles. The molecule has 0 aliphatic heterocycles. The van der Waals surface area contributed by atoms with Crippen molar-refractivity contribution in [2.45, 2.75) is 12.5 Å². The van der Waals surface area contributed by atoms with E-state index in [0.717, 1.165) is 5.56 Å². The van der Waals surface area contributed by atoms with Crippen molar-refractivity contribution < 1.29 is 14.0 Å². The van der Waals surface area contributed by atoms with E-state index in [1.807, 2.05) is 36.4 Å². The Kier molecular flexibility index (Phi) is 5.94. The van der Waals surface area contributed by atoms with Gasteiger partial charge in [0, 0.05) is 17.7 Å². The number of carbonyl (C=O) groups is 2. The Morgan fingerprint density at radius 1 is 0.815 bits per heavy atom. The van der Waals surface area contributed by atoms with Gasteiger partial charge in [0.05, 0.1) is 0 Å². The number of benzene rings is 3. The zero-order chi connectivity index (χ0) is 19.1. The van der Waals surface area contributed by atoms with Gasteiger partial charge in [-0.15, -0.1) is 0 Å². The summed E-state index contributed by atoms with van der Waals surface area (Å²) in [6, 6.07) is 22.9. The number of amides is 2. The molecule has 0 fully saturated rings. The molecule has 5 heteroatoms. The van der Waals surface area contributed by atoms with Crippen LogP contribution in [0.5, 0.6) is 0 Å². The average Bonchev–Trinajstić information content (AvgIpc) is 2.70. The first-order valence-corrected chi connectivity index (χ1v) is 8.58. The highest BCUT2D eigenvalue weighted by atomic mass is 19.1. The molecule has 27 heavy (non-hydrogen) atoms. The molecule has 0 aliphatic rings. The topological polar surface area (TPSA) is 58.2 Å². The Hall–Kier alpha value is -3.47. The summed E-state index contributed by atoms with van der Waals surface area (Å²) in [4.78, 5) is 25.3. The van der Waals surface area contributed by atoms with Gasteiger partial charge in [-0.3, -0.25) is 9.59 Å². The Morgan fingerprint density at radius 2 is 1.41 bits per heavy atom. The van der Waals surface area contributed by atoms with Gasteiger partial charge in [0.25, 0.3) is 5.91 Å². The summed E-state index contributed by atoms with van der Waals surface area (Å²) in [5.74, 6) is -1.08. The van der Waals surface area contributed by atoms with Crippen molar-refractivity contribution in [3.63, 3.8) is 0 Å². The summed E-state index contributed by atoms with van der Waals surface area (Å²) in [5, 5.41) is 5.51. The lowest BCUT2D eigenvalue weighted by molar-refractivity contribution is -0.118. The molecule has 0 saturated heterocycles. The Bertz CT molecular complexity index is 897. The highest BCUT2D eigenvalue weighted by Gasteiger charge is 2.22.